The molecule has 0 spiro atoms. The average molecular weight is 157 g/mol. The minimum atomic E-state index is 0.257. The minimum Gasteiger partial charge on any atom is -0.383 e. The number of rotatable bonds is 5. The molecule has 0 aliphatic rings. The first kappa shape index (κ1) is 9.38. The molecule has 2 nitrogen and oxygen atoms in total. The van der Waals surface area contributed by atoms with Gasteiger partial charge in [-0.25, -0.2) is 0 Å². The third-order valence-electron chi connectivity index (χ3n) is 0.693. The van der Waals surface area contributed by atoms with E-state index in [1.165, 1.54) is 0 Å². The maximum Gasteiger partial charge on any atom is 0.177 e. The first-order valence-corrected chi connectivity index (χ1v) is 4.22. The van der Waals surface area contributed by atoms with Crippen molar-refractivity contribution < 1.29 is 4.84 Å². The fourth-order valence-corrected chi connectivity index (χ4v) is 0.730. The van der Waals surface area contributed by atoms with E-state index >= 15 is 0 Å². The lowest BCUT2D eigenvalue weighted by molar-refractivity contribution is 0.181. The van der Waals surface area contributed by atoms with E-state index in [4.69, 9.17) is 6.42 Å². The van der Waals surface area contributed by atoms with Crippen LogP contribution in [-0.4, -0.2) is 24.3 Å². The normalized spacial score (nSPS) is 9.60. The monoisotopic (exact) mass is 157 g/mol. The van der Waals surface area contributed by atoms with Gasteiger partial charge in [0.05, 0.1) is 6.21 Å². The predicted octanol–water partition coefficient (Wildman–Crippen LogP) is 1.38. The van der Waals surface area contributed by atoms with Crippen LogP contribution in [0, 0.1) is 12.3 Å². The molecule has 3 heteroatoms. The van der Waals surface area contributed by atoms with Crippen LogP contribution < -0.4 is 0 Å². The van der Waals surface area contributed by atoms with Crippen molar-refractivity contribution in [1.29, 1.82) is 0 Å². The zero-order valence-corrected chi connectivity index (χ0v) is 6.86. The van der Waals surface area contributed by atoms with Gasteiger partial charge in [0.2, 0.25) is 0 Å². The molecule has 0 aromatic carbocycles. The third-order valence-corrected chi connectivity index (χ3v) is 1.49. The van der Waals surface area contributed by atoms with Crippen molar-refractivity contribution in [3.05, 3.63) is 0 Å². The molecule has 0 radical (unpaired) electrons. The first-order chi connectivity index (χ1) is 4.91. The molecule has 0 aromatic rings. The highest BCUT2D eigenvalue weighted by Crippen LogP contribution is 1.93. The zero-order valence-electron chi connectivity index (χ0n) is 6.04. The standard InChI is InChI=1S/C7H11NOS/c1-3-6-9-8-5-7-10-4-2/h1,5H,4,6-7H2,2H3/b8-5+. The van der Waals surface area contributed by atoms with Crippen molar-refractivity contribution in [2.75, 3.05) is 18.1 Å². The molecule has 10 heavy (non-hydrogen) atoms. The minimum absolute atomic E-state index is 0.257. The summed E-state index contributed by atoms with van der Waals surface area (Å²) < 4.78 is 0. The van der Waals surface area contributed by atoms with Crippen LogP contribution in [0.2, 0.25) is 0 Å². The Balaban J connectivity index is 2.98. The van der Waals surface area contributed by atoms with Gasteiger partial charge in [-0.1, -0.05) is 18.0 Å². The van der Waals surface area contributed by atoms with Crippen LogP contribution >= 0.6 is 11.8 Å². The highest BCUT2D eigenvalue weighted by atomic mass is 32.2. The number of thioether (sulfide) groups is 1. The molecule has 56 valence electrons. The van der Waals surface area contributed by atoms with Crippen molar-refractivity contribution >= 4 is 18.0 Å². The second-order valence-electron chi connectivity index (χ2n) is 1.43. The molecule has 0 rings (SSSR count). The predicted molar refractivity (Wildman–Crippen MR) is 46.3 cm³/mol. The number of hydrogen-bond acceptors (Lipinski definition) is 3. The molecule has 0 aromatic heterocycles. The van der Waals surface area contributed by atoms with Crippen molar-refractivity contribution in [2.24, 2.45) is 5.16 Å². The van der Waals surface area contributed by atoms with Gasteiger partial charge < -0.3 is 4.84 Å². The second kappa shape index (κ2) is 8.38. The quantitative estimate of drug-likeness (QED) is 0.260. The van der Waals surface area contributed by atoms with Gasteiger partial charge in [-0.15, -0.1) is 6.42 Å². The highest BCUT2D eigenvalue weighted by Gasteiger charge is 1.77. The molecule has 0 saturated carbocycles. The van der Waals surface area contributed by atoms with Crippen molar-refractivity contribution in [1.82, 2.24) is 0 Å². The van der Waals surface area contributed by atoms with E-state index in [9.17, 15) is 0 Å². The van der Waals surface area contributed by atoms with E-state index < -0.39 is 0 Å². The average Bonchev–Trinajstić information content (AvgIpc) is 1.97. The van der Waals surface area contributed by atoms with E-state index in [0.717, 1.165) is 11.5 Å². The van der Waals surface area contributed by atoms with Gasteiger partial charge in [-0.2, -0.15) is 11.8 Å². The fourth-order valence-electron chi connectivity index (χ4n) is 0.328. The second-order valence-corrected chi connectivity index (χ2v) is 2.74. The van der Waals surface area contributed by atoms with E-state index in [-0.39, 0.29) is 6.61 Å². The molecule has 0 N–H and O–H groups in total. The van der Waals surface area contributed by atoms with Crippen LogP contribution in [0.3, 0.4) is 0 Å². The fraction of sp³-hybridized carbons (Fsp3) is 0.571. The largest absolute Gasteiger partial charge is 0.383 e. The van der Waals surface area contributed by atoms with Gasteiger partial charge in [0.25, 0.3) is 0 Å². The highest BCUT2D eigenvalue weighted by molar-refractivity contribution is 7.99. The molecular weight excluding hydrogens is 146 g/mol. The van der Waals surface area contributed by atoms with Crippen LogP contribution in [0.1, 0.15) is 6.92 Å². The Morgan fingerprint density at radius 1 is 1.80 bits per heavy atom. The summed E-state index contributed by atoms with van der Waals surface area (Å²) in [7, 11) is 0. The van der Waals surface area contributed by atoms with Crippen LogP contribution in [0.4, 0.5) is 0 Å². The number of terminal acetylenes is 1. The maximum atomic E-state index is 4.92. The number of oxime groups is 1. The van der Waals surface area contributed by atoms with Gasteiger partial charge in [-0.3, -0.25) is 0 Å². The van der Waals surface area contributed by atoms with Crippen LogP contribution in [0.15, 0.2) is 5.16 Å². The molecule has 0 atom stereocenters. The zero-order chi connectivity index (χ0) is 7.66. The Morgan fingerprint density at radius 3 is 3.20 bits per heavy atom. The topological polar surface area (TPSA) is 21.6 Å². The summed E-state index contributed by atoms with van der Waals surface area (Å²) in [4.78, 5) is 4.65. The summed E-state index contributed by atoms with van der Waals surface area (Å²) in [5, 5.41) is 3.61. The van der Waals surface area contributed by atoms with Gasteiger partial charge in [-0.05, 0) is 5.75 Å². The Bertz CT molecular complexity index is 128. The third kappa shape index (κ3) is 7.38. The number of hydrogen-bond donors (Lipinski definition) is 0. The first-order valence-electron chi connectivity index (χ1n) is 3.06. The van der Waals surface area contributed by atoms with E-state index in [1.807, 2.05) is 0 Å². The molecular formula is C7H11NOS. The molecule has 0 fully saturated rings. The Hall–Kier alpha value is -0.620. The molecule has 0 bridgehead atoms. The summed E-state index contributed by atoms with van der Waals surface area (Å²) in [6.45, 7) is 2.36. The molecule has 0 amide bonds. The van der Waals surface area contributed by atoms with Gasteiger partial charge >= 0.3 is 0 Å². The Labute approximate surface area is 66.0 Å². The van der Waals surface area contributed by atoms with Crippen LogP contribution in [-0.2, 0) is 4.84 Å². The summed E-state index contributed by atoms with van der Waals surface area (Å²) in [5.74, 6) is 4.30. The van der Waals surface area contributed by atoms with Crippen molar-refractivity contribution in [3.8, 4) is 12.3 Å². The lowest BCUT2D eigenvalue weighted by atomic mass is 10.8. The van der Waals surface area contributed by atoms with Crippen LogP contribution in [0.5, 0.6) is 0 Å². The molecule has 0 heterocycles. The van der Waals surface area contributed by atoms with Crippen molar-refractivity contribution in [3.63, 3.8) is 0 Å². The van der Waals surface area contributed by atoms with E-state index in [1.54, 1.807) is 18.0 Å². The van der Waals surface area contributed by atoms with E-state index in [0.29, 0.717) is 0 Å². The molecule has 0 aliphatic heterocycles. The maximum absolute atomic E-state index is 4.92. The molecule has 0 aliphatic carbocycles. The summed E-state index contributed by atoms with van der Waals surface area (Å²) in [6, 6.07) is 0. The molecule has 0 unspecified atom stereocenters. The smallest absolute Gasteiger partial charge is 0.177 e. The summed E-state index contributed by atoms with van der Waals surface area (Å²) in [6.07, 6.45) is 6.63. The SMILES string of the molecule is C#CCO/N=C/CSCC. The lowest BCUT2D eigenvalue weighted by Gasteiger charge is -1.89. The van der Waals surface area contributed by atoms with Crippen molar-refractivity contribution in [2.45, 2.75) is 6.92 Å². The van der Waals surface area contributed by atoms with Crippen LogP contribution in [0.25, 0.3) is 0 Å². The number of nitrogens with zero attached hydrogens (tertiary/aromatic N) is 1. The molecule has 0 saturated heterocycles. The Kier molecular flexibility index (Phi) is 7.86. The lowest BCUT2D eigenvalue weighted by Crippen LogP contribution is -1.85. The van der Waals surface area contributed by atoms with Gasteiger partial charge in [0.15, 0.2) is 6.61 Å². The summed E-state index contributed by atoms with van der Waals surface area (Å²) >= 11 is 1.79. The van der Waals surface area contributed by atoms with E-state index in [2.05, 4.69) is 22.8 Å². The Morgan fingerprint density at radius 2 is 2.60 bits per heavy atom. The van der Waals surface area contributed by atoms with Gasteiger partial charge in [0.1, 0.15) is 0 Å². The van der Waals surface area contributed by atoms with Gasteiger partial charge in [0, 0.05) is 5.75 Å². The summed E-state index contributed by atoms with van der Waals surface area (Å²) in [5.41, 5.74) is 0.